The molecule has 1 unspecified atom stereocenters. The summed E-state index contributed by atoms with van der Waals surface area (Å²) in [5.41, 5.74) is 0. The Labute approximate surface area is 96.4 Å². The summed E-state index contributed by atoms with van der Waals surface area (Å²) in [5.74, 6) is 0.592. The summed E-state index contributed by atoms with van der Waals surface area (Å²) < 4.78 is 18.2. The molecule has 0 N–H and O–H groups in total. The molecule has 15 heavy (non-hydrogen) atoms. The molecule has 84 valence electrons. The minimum absolute atomic E-state index is 0.00843. The number of halogens is 1. The molecule has 0 aromatic carbocycles. The van der Waals surface area contributed by atoms with Crippen molar-refractivity contribution in [3.05, 3.63) is 10.7 Å². The van der Waals surface area contributed by atoms with Crippen LogP contribution >= 0.6 is 15.9 Å². The number of rotatable bonds is 5. The van der Waals surface area contributed by atoms with Crippen molar-refractivity contribution in [2.45, 2.75) is 19.3 Å². The van der Waals surface area contributed by atoms with Crippen molar-refractivity contribution < 1.29 is 14.2 Å². The molecule has 6 heteroatoms. The van der Waals surface area contributed by atoms with Crippen molar-refractivity contribution in [3.8, 4) is 5.88 Å². The lowest BCUT2D eigenvalue weighted by molar-refractivity contribution is -0.215. The topological polar surface area (TPSA) is 45.5 Å². The van der Waals surface area contributed by atoms with Crippen LogP contribution in [0.3, 0.4) is 0 Å². The van der Waals surface area contributed by atoms with Gasteiger partial charge in [0.1, 0.15) is 0 Å². The third-order valence-corrected chi connectivity index (χ3v) is 2.70. The lowest BCUT2D eigenvalue weighted by Crippen LogP contribution is -2.30. The quantitative estimate of drug-likeness (QED) is 0.816. The van der Waals surface area contributed by atoms with E-state index in [0.29, 0.717) is 19.0 Å². The second kappa shape index (κ2) is 4.96. The summed E-state index contributed by atoms with van der Waals surface area (Å²) >= 11 is 3.35. The Morgan fingerprint density at radius 3 is 3.07 bits per heavy atom. The third-order valence-electron chi connectivity index (χ3n) is 2.16. The van der Waals surface area contributed by atoms with Gasteiger partial charge in [-0.1, -0.05) is 0 Å². The minimum atomic E-state index is -0.00843. The molecule has 1 aliphatic heterocycles. The second-order valence-corrected chi connectivity index (χ2v) is 4.06. The Bertz CT molecular complexity index is 325. The summed E-state index contributed by atoms with van der Waals surface area (Å²) in [6.45, 7) is 2.11. The number of nitrogens with zero attached hydrogens (tertiary/aromatic N) is 2. The first-order valence-corrected chi connectivity index (χ1v) is 5.59. The van der Waals surface area contributed by atoms with Crippen LogP contribution < -0.4 is 4.74 Å². The van der Waals surface area contributed by atoms with E-state index in [1.165, 1.54) is 0 Å². The third kappa shape index (κ3) is 2.70. The van der Waals surface area contributed by atoms with Crippen LogP contribution in [0.2, 0.25) is 0 Å². The Morgan fingerprint density at radius 2 is 2.53 bits per heavy atom. The average molecular weight is 277 g/mol. The SMILES string of the molecule is COc1nn(CCOC2CCO2)cc1Br. The zero-order valence-electron chi connectivity index (χ0n) is 8.48. The zero-order chi connectivity index (χ0) is 10.7. The Balaban J connectivity index is 1.77. The van der Waals surface area contributed by atoms with E-state index in [0.717, 1.165) is 17.5 Å². The molecule has 0 radical (unpaired) electrons. The van der Waals surface area contributed by atoms with E-state index in [1.54, 1.807) is 11.8 Å². The van der Waals surface area contributed by atoms with Crippen LogP contribution in [-0.4, -0.2) is 36.4 Å². The lowest BCUT2D eigenvalue weighted by atomic mass is 10.3. The fourth-order valence-corrected chi connectivity index (χ4v) is 1.73. The molecule has 1 aliphatic rings. The van der Waals surface area contributed by atoms with Gasteiger partial charge in [0.25, 0.3) is 0 Å². The number of aromatic nitrogens is 2. The van der Waals surface area contributed by atoms with Crippen molar-refractivity contribution in [2.75, 3.05) is 20.3 Å². The molecule has 1 fully saturated rings. The normalized spacial score (nSPS) is 20.0. The number of ether oxygens (including phenoxy) is 3. The molecule has 0 bridgehead atoms. The molecule has 1 saturated heterocycles. The van der Waals surface area contributed by atoms with Gasteiger partial charge >= 0.3 is 0 Å². The molecule has 2 rings (SSSR count). The molecule has 0 spiro atoms. The van der Waals surface area contributed by atoms with Crippen LogP contribution in [0.15, 0.2) is 10.7 Å². The molecule has 0 amide bonds. The van der Waals surface area contributed by atoms with Gasteiger partial charge in [0.05, 0.1) is 31.3 Å². The van der Waals surface area contributed by atoms with Crippen LogP contribution in [0.5, 0.6) is 5.88 Å². The maximum atomic E-state index is 5.43. The van der Waals surface area contributed by atoms with Crippen molar-refractivity contribution in [3.63, 3.8) is 0 Å². The summed E-state index contributed by atoms with van der Waals surface area (Å²) in [5, 5.41) is 4.20. The highest BCUT2D eigenvalue weighted by Crippen LogP contribution is 2.21. The number of hydrogen-bond donors (Lipinski definition) is 0. The Kier molecular flexibility index (Phi) is 3.61. The van der Waals surface area contributed by atoms with Crippen LogP contribution in [0.4, 0.5) is 0 Å². The van der Waals surface area contributed by atoms with Crippen molar-refractivity contribution in [1.29, 1.82) is 0 Å². The Morgan fingerprint density at radius 1 is 1.73 bits per heavy atom. The van der Waals surface area contributed by atoms with E-state index < -0.39 is 0 Å². The van der Waals surface area contributed by atoms with Gasteiger partial charge in [0, 0.05) is 12.6 Å². The summed E-state index contributed by atoms with van der Waals surface area (Å²) in [7, 11) is 1.59. The van der Waals surface area contributed by atoms with Crippen molar-refractivity contribution in [2.24, 2.45) is 0 Å². The Hall–Kier alpha value is -0.590. The molecule has 5 nitrogen and oxygen atoms in total. The van der Waals surface area contributed by atoms with E-state index in [-0.39, 0.29) is 6.29 Å². The van der Waals surface area contributed by atoms with E-state index in [2.05, 4.69) is 21.0 Å². The standard InChI is InChI=1S/C9H13BrN2O3/c1-13-9-7(10)6-12(11-9)3-5-15-8-2-4-14-8/h6,8H,2-5H2,1H3. The molecular formula is C9H13BrN2O3. The molecule has 1 aromatic rings. The maximum Gasteiger partial charge on any atom is 0.246 e. The molecule has 0 saturated carbocycles. The largest absolute Gasteiger partial charge is 0.479 e. The predicted octanol–water partition coefficient (Wildman–Crippen LogP) is 1.42. The van der Waals surface area contributed by atoms with Gasteiger partial charge in [-0.2, -0.15) is 0 Å². The molecular weight excluding hydrogens is 264 g/mol. The van der Waals surface area contributed by atoms with Gasteiger partial charge in [-0.05, 0) is 15.9 Å². The molecule has 1 aromatic heterocycles. The number of methoxy groups -OCH3 is 1. The van der Waals surface area contributed by atoms with Gasteiger partial charge in [-0.15, -0.1) is 5.10 Å². The first kappa shape index (κ1) is 10.9. The van der Waals surface area contributed by atoms with E-state index in [1.807, 2.05) is 6.20 Å². The van der Waals surface area contributed by atoms with E-state index in [4.69, 9.17) is 14.2 Å². The van der Waals surface area contributed by atoms with Gasteiger partial charge in [-0.25, -0.2) is 0 Å². The van der Waals surface area contributed by atoms with Crippen LogP contribution in [0, 0.1) is 0 Å². The first-order valence-electron chi connectivity index (χ1n) is 4.80. The molecule has 1 atom stereocenters. The van der Waals surface area contributed by atoms with E-state index >= 15 is 0 Å². The highest BCUT2D eigenvalue weighted by atomic mass is 79.9. The van der Waals surface area contributed by atoms with Crippen LogP contribution in [-0.2, 0) is 16.0 Å². The predicted molar refractivity (Wildman–Crippen MR) is 56.8 cm³/mol. The van der Waals surface area contributed by atoms with E-state index in [9.17, 15) is 0 Å². The average Bonchev–Trinajstić information content (AvgIpc) is 2.51. The van der Waals surface area contributed by atoms with Gasteiger partial charge in [0.2, 0.25) is 5.88 Å². The monoisotopic (exact) mass is 276 g/mol. The maximum absolute atomic E-state index is 5.43. The first-order chi connectivity index (χ1) is 7.29. The lowest BCUT2D eigenvalue weighted by Gasteiger charge is -2.26. The molecule has 2 heterocycles. The van der Waals surface area contributed by atoms with Crippen molar-refractivity contribution >= 4 is 15.9 Å². The van der Waals surface area contributed by atoms with Crippen LogP contribution in [0.1, 0.15) is 6.42 Å². The fourth-order valence-electron chi connectivity index (χ4n) is 1.26. The summed E-state index contributed by atoms with van der Waals surface area (Å²) in [4.78, 5) is 0. The van der Waals surface area contributed by atoms with Crippen molar-refractivity contribution in [1.82, 2.24) is 9.78 Å². The smallest absolute Gasteiger partial charge is 0.246 e. The zero-order valence-corrected chi connectivity index (χ0v) is 10.1. The minimum Gasteiger partial charge on any atom is -0.479 e. The van der Waals surface area contributed by atoms with Crippen LogP contribution in [0.25, 0.3) is 0 Å². The van der Waals surface area contributed by atoms with Gasteiger partial charge < -0.3 is 14.2 Å². The second-order valence-electron chi connectivity index (χ2n) is 3.21. The number of hydrogen-bond acceptors (Lipinski definition) is 4. The molecule has 0 aliphatic carbocycles. The highest BCUT2D eigenvalue weighted by Gasteiger charge is 2.18. The fraction of sp³-hybridized carbons (Fsp3) is 0.667. The summed E-state index contributed by atoms with van der Waals surface area (Å²) in [6.07, 6.45) is 2.85. The van der Waals surface area contributed by atoms with Gasteiger partial charge in [-0.3, -0.25) is 4.68 Å². The highest BCUT2D eigenvalue weighted by molar-refractivity contribution is 9.10. The summed E-state index contributed by atoms with van der Waals surface area (Å²) in [6, 6.07) is 0. The van der Waals surface area contributed by atoms with Gasteiger partial charge in [0.15, 0.2) is 6.29 Å².